The third-order valence-corrected chi connectivity index (χ3v) is 1.34. The van der Waals surface area contributed by atoms with Gasteiger partial charge in [0, 0.05) is 0 Å². The standard InChI is InChI=1S/C6H5BF2O6/c8-3-1-2-4(9)6(5(3)10)13-15-7(11)14-12/h1-2,10-12H. The summed E-state index contributed by atoms with van der Waals surface area (Å²) in [7, 11) is -2.22. The van der Waals surface area contributed by atoms with Crippen LogP contribution in [0.15, 0.2) is 12.1 Å². The van der Waals surface area contributed by atoms with Gasteiger partial charge in [-0.2, -0.15) is 4.81 Å². The minimum absolute atomic E-state index is 0.663. The maximum Gasteiger partial charge on any atom is 0.703 e. The van der Waals surface area contributed by atoms with E-state index in [4.69, 9.17) is 15.4 Å². The molecule has 1 aromatic carbocycles. The third kappa shape index (κ3) is 2.76. The molecule has 0 bridgehead atoms. The third-order valence-electron chi connectivity index (χ3n) is 1.34. The van der Waals surface area contributed by atoms with Gasteiger partial charge in [-0.25, -0.2) is 13.6 Å². The Labute approximate surface area is 82.3 Å². The van der Waals surface area contributed by atoms with Crippen LogP contribution in [0.3, 0.4) is 0 Å². The van der Waals surface area contributed by atoms with Crippen LogP contribution in [0.1, 0.15) is 0 Å². The molecule has 0 saturated carbocycles. The summed E-state index contributed by atoms with van der Waals surface area (Å²) in [5, 5.41) is 25.2. The molecular weight excluding hydrogens is 217 g/mol. The predicted octanol–water partition coefficient (Wildman–Crippen LogP) is 0.448. The van der Waals surface area contributed by atoms with E-state index >= 15 is 0 Å². The molecule has 0 amide bonds. The maximum atomic E-state index is 12.9. The summed E-state index contributed by atoms with van der Waals surface area (Å²) in [5.74, 6) is -4.39. The Bertz CT molecular complexity index is 349. The lowest BCUT2D eigenvalue weighted by atomic mass is 10.3. The molecule has 0 radical (unpaired) electrons. The van der Waals surface area contributed by atoms with Crippen LogP contribution in [0, 0.1) is 11.6 Å². The van der Waals surface area contributed by atoms with Gasteiger partial charge in [-0.3, -0.25) is 5.26 Å². The fourth-order valence-corrected chi connectivity index (χ4v) is 0.709. The molecule has 0 aromatic heterocycles. The Morgan fingerprint density at radius 3 is 2.40 bits per heavy atom. The molecule has 0 unspecified atom stereocenters. The zero-order valence-electron chi connectivity index (χ0n) is 7.05. The molecule has 3 N–H and O–H groups in total. The van der Waals surface area contributed by atoms with E-state index in [0.717, 1.165) is 0 Å². The number of phenolic OH excluding ortho intramolecular Hbond substituents is 1. The highest BCUT2D eigenvalue weighted by molar-refractivity contribution is 6.33. The number of phenols is 1. The first-order chi connectivity index (χ1) is 7.06. The van der Waals surface area contributed by atoms with E-state index in [1.165, 1.54) is 0 Å². The number of rotatable bonds is 4. The Balaban J connectivity index is 2.80. The van der Waals surface area contributed by atoms with Gasteiger partial charge >= 0.3 is 7.32 Å². The summed E-state index contributed by atoms with van der Waals surface area (Å²) >= 11 is 0. The van der Waals surface area contributed by atoms with Crippen LogP contribution >= 0.6 is 0 Å². The monoisotopic (exact) mass is 222 g/mol. The van der Waals surface area contributed by atoms with Crippen LogP contribution in [-0.4, -0.2) is 22.7 Å². The van der Waals surface area contributed by atoms with Crippen molar-refractivity contribution in [2.24, 2.45) is 0 Å². The Kier molecular flexibility index (Phi) is 3.80. The molecule has 6 nitrogen and oxygen atoms in total. The quantitative estimate of drug-likeness (QED) is 0.389. The normalized spacial score (nSPS) is 10.1. The van der Waals surface area contributed by atoms with E-state index in [-0.39, 0.29) is 0 Å². The van der Waals surface area contributed by atoms with Gasteiger partial charge in [-0.15, -0.1) is 0 Å². The smallest absolute Gasteiger partial charge is 0.502 e. The van der Waals surface area contributed by atoms with E-state index in [1.807, 2.05) is 0 Å². The Hall–Kier alpha value is -1.42. The second kappa shape index (κ2) is 4.89. The lowest BCUT2D eigenvalue weighted by Gasteiger charge is -2.07. The van der Waals surface area contributed by atoms with Crippen molar-refractivity contribution in [2.45, 2.75) is 0 Å². The van der Waals surface area contributed by atoms with Crippen LogP contribution < -0.4 is 4.89 Å². The molecule has 0 aliphatic rings. The second-order valence-corrected chi connectivity index (χ2v) is 2.30. The zero-order valence-corrected chi connectivity index (χ0v) is 7.05. The maximum absolute atomic E-state index is 12.9. The van der Waals surface area contributed by atoms with Gasteiger partial charge in [0.1, 0.15) is 0 Å². The predicted molar refractivity (Wildman–Crippen MR) is 41.4 cm³/mol. The van der Waals surface area contributed by atoms with Crippen molar-refractivity contribution in [2.75, 3.05) is 0 Å². The zero-order chi connectivity index (χ0) is 11.4. The van der Waals surface area contributed by atoms with Gasteiger partial charge in [0.2, 0.25) is 11.5 Å². The summed E-state index contributed by atoms with van der Waals surface area (Å²) in [5.41, 5.74) is 0. The Morgan fingerprint density at radius 2 is 1.80 bits per heavy atom. The van der Waals surface area contributed by atoms with E-state index < -0.39 is 30.5 Å². The van der Waals surface area contributed by atoms with E-state index in [1.54, 1.807) is 0 Å². The van der Waals surface area contributed by atoms with Crippen LogP contribution in [0.4, 0.5) is 8.78 Å². The van der Waals surface area contributed by atoms with E-state index in [9.17, 15) is 8.78 Å². The van der Waals surface area contributed by atoms with Crippen molar-refractivity contribution in [3.05, 3.63) is 23.8 Å². The highest BCUT2D eigenvalue weighted by Gasteiger charge is 2.22. The Morgan fingerprint density at radius 1 is 1.20 bits per heavy atom. The van der Waals surface area contributed by atoms with Gasteiger partial charge < -0.3 is 15.0 Å². The number of benzene rings is 1. The summed E-state index contributed by atoms with van der Waals surface area (Å²) in [4.78, 5) is 11.0. The SMILES string of the molecule is OOB(O)OOc1c(F)ccc(F)c1O. The van der Waals surface area contributed by atoms with Crippen molar-refractivity contribution in [1.29, 1.82) is 0 Å². The van der Waals surface area contributed by atoms with Crippen LogP contribution in [-0.2, 0) is 9.61 Å². The minimum Gasteiger partial charge on any atom is -0.502 e. The van der Waals surface area contributed by atoms with Crippen molar-refractivity contribution in [1.82, 2.24) is 0 Å². The molecule has 0 spiro atoms. The fourth-order valence-electron chi connectivity index (χ4n) is 0.709. The van der Waals surface area contributed by atoms with Gasteiger partial charge in [-0.05, 0) is 12.1 Å². The molecule has 9 heteroatoms. The summed E-state index contributed by atoms with van der Waals surface area (Å²) in [6, 6.07) is 1.33. The van der Waals surface area contributed by atoms with Crippen LogP contribution in [0.5, 0.6) is 11.5 Å². The molecule has 1 aromatic rings. The average Bonchev–Trinajstić information content (AvgIpc) is 2.23. The first kappa shape index (κ1) is 11.7. The van der Waals surface area contributed by atoms with E-state index in [2.05, 4.69) is 14.5 Å². The van der Waals surface area contributed by atoms with Crippen molar-refractivity contribution in [3.8, 4) is 11.5 Å². The summed E-state index contributed by atoms with van der Waals surface area (Å²) in [6.07, 6.45) is 0. The van der Waals surface area contributed by atoms with Gasteiger partial charge in [0.25, 0.3) is 0 Å². The molecular formula is C6H5BF2O6. The van der Waals surface area contributed by atoms with E-state index in [0.29, 0.717) is 12.1 Å². The molecule has 82 valence electrons. The molecule has 15 heavy (non-hydrogen) atoms. The summed E-state index contributed by atoms with van der Waals surface area (Å²) < 4.78 is 25.5. The lowest BCUT2D eigenvalue weighted by molar-refractivity contribution is -0.230. The number of halogens is 2. The number of hydrogen-bond donors (Lipinski definition) is 3. The van der Waals surface area contributed by atoms with Gasteiger partial charge in [0.15, 0.2) is 11.6 Å². The van der Waals surface area contributed by atoms with Crippen molar-refractivity contribution in [3.63, 3.8) is 0 Å². The van der Waals surface area contributed by atoms with Crippen LogP contribution in [0.2, 0.25) is 0 Å². The molecule has 0 aliphatic carbocycles. The van der Waals surface area contributed by atoms with Crippen molar-refractivity contribution >= 4 is 7.32 Å². The topological polar surface area (TPSA) is 88.4 Å². The molecule has 0 aliphatic heterocycles. The summed E-state index contributed by atoms with van der Waals surface area (Å²) in [6.45, 7) is 0. The average molecular weight is 222 g/mol. The fraction of sp³-hybridized carbons (Fsp3) is 0. The molecule has 0 saturated heterocycles. The number of hydrogen-bond acceptors (Lipinski definition) is 6. The first-order valence-electron chi connectivity index (χ1n) is 3.55. The highest BCUT2D eigenvalue weighted by atomic mass is 19.1. The largest absolute Gasteiger partial charge is 0.703 e. The molecule has 0 heterocycles. The highest BCUT2D eigenvalue weighted by Crippen LogP contribution is 2.31. The molecule has 0 fully saturated rings. The minimum atomic E-state index is -2.22. The first-order valence-corrected chi connectivity index (χ1v) is 3.55. The van der Waals surface area contributed by atoms with Crippen LogP contribution in [0.25, 0.3) is 0 Å². The lowest BCUT2D eigenvalue weighted by Crippen LogP contribution is -2.23. The number of aromatic hydroxyl groups is 1. The van der Waals surface area contributed by atoms with Gasteiger partial charge in [-0.1, -0.05) is 0 Å². The van der Waals surface area contributed by atoms with Crippen molar-refractivity contribution < 1.29 is 38.7 Å². The van der Waals surface area contributed by atoms with Gasteiger partial charge in [0.05, 0.1) is 0 Å². The molecule has 1 rings (SSSR count). The second-order valence-electron chi connectivity index (χ2n) is 2.30. The molecule has 0 atom stereocenters.